The fourth-order valence-corrected chi connectivity index (χ4v) is 1.49. The number of nitrogens with one attached hydrogen (secondary N) is 1. The zero-order valence-corrected chi connectivity index (χ0v) is 10.1. The highest BCUT2D eigenvalue weighted by molar-refractivity contribution is 4.94. The molecule has 0 saturated heterocycles. The van der Waals surface area contributed by atoms with Crippen LogP contribution in [-0.2, 0) is 17.8 Å². The summed E-state index contributed by atoms with van der Waals surface area (Å²) >= 11 is 0. The molecular formula is C12H20N4O. The summed E-state index contributed by atoms with van der Waals surface area (Å²) in [5, 5.41) is 11.6. The molecule has 1 heterocycles. The van der Waals surface area contributed by atoms with E-state index in [1.165, 1.54) is 12.8 Å². The van der Waals surface area contributed by atoms with E-state index < -0.39 is 0 Å². The molecule has 0 aliphatic heterocycles. The van der Waals surface area contributed by atoms with Gasteiger partial charge in [0.15, 0.2) is 0 Å². The first-order valence-electron chi connectivity index (χ1n) is 6.19. The van der Waals surface area contributed by atoms with E-state index in [1.807, 2.05) is 17.0 Å². The van der Waals surface area contributed by atoms with Gasteiger partial charge in [0.25, 0.3) is 0 Å². The highest BCUT2D eigenvalue weighted by atomic mass is 16.5. The average Bonchev–Trinajstić information content (AvgIpc) is 3.06. The van der Waals surface area contributed by atoms with E-state index in [0.29, 0.717) is 12.6 Å². The molecule has 1 N–H and O–H groups in total. The second-order valence-corrected chi connectivity index (χ2v) is 4.32. The van der Waals surface area contributed by atoms with Gasteiger partial charge in [0.2, 0.25) is 0 Å². The van der Waals surface area contributed by atoms with Gasteiger partial charge in [-0.3, -0.25) is 0 Å². The van der Waals surface area contributed by atoms with Crippen LogP contribution in [0.5, 0.6) is 0 Å². The Kier molecular flexibility index (Phi) is 4.70. The lowest BCUT2D eigenvalue weighted by atomic mass is 10.4. The van der Waals surface area contributed by atoms with Gasteiger partial charge in [-0.25, -0.2) is 4.68 Å². The molecule has 1 fully saturated rings. The van der Waals surface area contributed by atoms with Crippen LogP contribution in [0.25, 0.3) is 0 Å². The predicted molar refractivity (Wildman–Crippen MR) is 65.5 cm³/mol. The van der Waals surface area contributed by atoms with Crippen molar-refractivity contribution in [3.63, 3.8) is 0 Å². The summed E-state index contributed by atoms with van der Waals surface area (Å²) in [6, 6.07) is 0.711. The molecule has 17 heavy (non-hydrogen) atoms. The van der Waals surface area contributed by atoms with Crippen LogP contribution in [0, 0.1) is 0 Å². The minimum Gasteiger partial charge on any atom is -0.379 e. The van der Waals surface area contributed by atoms with E-state index in [-0.39, 0.29) is 0 Å². The van der Waals surface area contributed by atoms with Gasteiger partial charge in [-0.15, -0.1) is 11.7 Å². The molecule has 1 aliphatic rings. The standard InChI is InChI=1S/C12H20N4O/c1-2-3-7-17-8-6-16-10-12(14-15-16)9-13-11-4-5-11/h2,10-11,13H,1,3-9H2. The Labute approximate surface area is 102 Å². The third kappa shape index (κ3) is 4.66. The molecule has 5 nitrogen and oxygen atoms in total. The molecule has 0 bridgehead atoms. The second-order valence-electron chi connectivity index (χ2n) is 4.32. The lowest BCUT2D eigenvalue weighted by Gasteiger charge is -2.01. The van der Waals surface area contributed by atoms with E-state index >= 15 is 0 Å². The number of hydrogen-bond acceptors (Lipinski definition) is 4. The fraction of sp³-hybridized carbons (Fsp3) is 0.667. The molecule has 1 saturated carbocycles. The normalized spacial score (nSPS) is 15.1. The number of rotatable bonds is 9. The Morgan fingerprint density at radius 2 is 2.41 bits per heavy atom. The Morgan fingerprint density at radius 1 is 1.53 bits per heavy atom. The van der Waals surface area contributed by atoms with Gasteiger partial charge in [-0.05, 0) is 19.3 Å². The molecular weight excluding hydrogens is 216 g/mol. The average molecular weight is 236 g/mol. The Morgan fingerprint density at radius 3 is 3.18 bits per heavy atom. The van der Waals surface area contributed by atoms with E-state index in [2.05, 4.69) is 22.2 Å². The van der Waals surface area contributed by atoms with Crippen LogP contribution in [0.3, 0.4) is 0 Å². The number of aromatic nitrogens is 3. The third-order valence-electron chi connectivity index (χ3n) is 2.67. The van der Waals surface area contributed by atoms with Crippen LogP contribution in [-0.4, -0.2) is 34.2 Å². The number of hydrogen-bond donors (Lipinski definition) is 1. The lowest BCUT2D eigenvalue weighted by molar-refractivity contribution is 0.127. The van der Waals surface area contributed by atoms with Crippen molar-refractivity contribution in [2.75, 3.05) is 13.2 Å². The zero-order chi connectivity index (χ0) is 11.9. The maximum atomic E-state index is 5.42. The van der Waals surface area contributed by atoms with Crippen LogP contribution < -0.4 is 5.32 Å². The molecule has 5 heteroatoms. The van der Waals surface area contributed by atoms with Crippen molar-refractivity contribution in [1.82, 2.24) is 20.3 Å². The lowest BCUT2D eigenvalue weighted by Crippen LogP contribution is -2.15. The van der Waals surface area contributed by atoms with Gasteiger partial charge in [0, 0.05) is 18.8 Å². The third-order valence-corrected chi connectivity index (χ3v) is 2.67. The van der Waals surface area contributed by atoms with Crippen LogP contribution in [0.1, 0.15) is 25.0 Å². The minimum absolute atomic E-state index is 0.673. The molecule has 94 valence electrons. The van der Waals surface area contributed by atoms with E-state index in [1.54, 1.807) is 0 Å². The summed E-state index contributed by atoms with van der Waals surface area (Å²) in [5.41, 5.74) is 1.00. The summed E-state index contributed by atoms with van der Waals surface area (Å²) in [6.07, 6.45) is 7.33. The summed E-state index contributed by atoms with van der Waals surface area (Å²) < 4.78 is 7.25. The van der Waals surface area contributed by atoms with Crippen molar-refractivity contribution < 1.29 is 4.74 Å². The topological polar surface area (TPSA) is 52.0 Å². The molecule has 0 radical (unpaired) electrons. The van der Waals surface area contributed by atoms with Crippen LogP contribution in [0.4, 0.5) is 0 Å². The molecule has 0 unspecified atom stereocenters. The summed E-state index contributed by atoms with van der Waals surface area (Å²) in [7, 11) is 0. The van der Waals surface area contributed by atoms with Crippen molar-refractivity contribution in [2.45, 2.75) is 38.4 Å². The van der Waals surface area contributed by atoms with Crippen molar-refractivity contribution in [3.05, 3.63) is 24.5 Å². The zero-order valence-electron chi connectivity index (χ0n) is 10.1. The number of ether oxygens (including phenoxy) is 1. The van der Waals surface area contributed by atoms with Gasteiger partial charge in [-0.2, -0.15) is 0 Å². The van der Waals surface area contributed by atoms with Gasteiger partial charge >= 0.3 is 0 Å². The molecule has 0 amide bonds. The summed E-state index contributed by atoms with van der Waals surface area (Å²) in [5.74, 6) is 0. The van der Waals surface area contributed by atoms with E-state index in [0.717, 1.165) is 31.8 Å². The molecule has 0 spiro atoms. The first kappa shape index (κ1) is 12.3. The molecule has 1 aromatic heterocycles. The summed E-state index contributed by atoms with van der Waals surface area (Å²) in [4.78, 5) is 0. The van der Waals surface area contributed by atoms with E-state index in [9.17, 15) is 0 Å². The fourth-order valence-electron chi connectivity index (χ4n) is 1.49. The van der Waals surface area contributed by atoms with Crippen molar-refractivity contribution >= 4 is 0 Å². The molecule has 0 aromatic carbocycles. The van der Waals surface area contributed by atoms with Crippen molar-refractivity contribution in [3.8, 4) is 0 Å². The monoisotopic (exact) mass is 236 g/mol. The SMILES string of the molecule is C=CCCOCCn1cc(CNC2CC2)nn1. The van der Waals surface area contributed by atoms with Crippen LogP contribution >= 0.6 is 0 Å². The highest BCUT2D eigenvalue weighted by Crippen LogP contribution is 2.18. The van der Waals surface area contributed by atoms with E-state index in [4.69, 9.17) is 4.74 Å². The number of nitrogens with zero attached hydrogens (tertiary/aromatic N) is 3. The van der Waals surface area contributed by atoms with Crippen molar-refractivity contribution in [2.24, 2.45) is 0 Å². The molecule has 2 rings (SSSR count). The molecule has 1 aromatic rings. The van der Waals surface area contributed by atoms with Gasteiger partial charge in [0.1, 0.15) is 0 Å². The van der Waals surface area contributed by atoms with Gasteiger partial charge in [-0.1, -0.05) is 11.3 Å². The van der Waals surface area contributed by atoms with Crippen molar-refractivity contribution in [1.29, 1.82) is 0 Å². The first-order chi connectivity index (χ1) is 8.38. The van der Waals surface area contributed by atoms with Crippen LogP contribution in [0.15, 0.2) is 18.9 Å². The summed E-state index contributed by atoms with van der Waals surface area (Å²) in [6.45, 7) is 6.63. The Hall–Kier alpha value is -1.20. The van der Waals surface area contributed by atoms with Gasteiger partial charge in [0.05, 0.1) is 25.5 Å². The molecule has 0 atom stereocenters. The first-order valence-corrected chi connectivity index (χ1v) is 6.19. The maximum Gasteiger partial charge on any atom is 0.0964 e. The van der Waals surface area contributed by atoms with Gasteiger partial charge < -0.3 is 10.1 Å². The largest absolute Gasteiger partial charge is 0.379 e. The maximum absolute atomic E-state index is 5.42. The smallest absolute Gasteiger partial charge is 0.0964 e. The minimum atomic E-state index is 0.673. The molecule has 1 aliphatic carbocycles. The highest BCUT2D eigenvalue weighted by Gasteiger charge is 2.20. The predicted octanol–water partition coefficient (Wildman–Crippen LogP) is 1.12. The Balaban J connectivity index is 1.61. The Bertz CT molecular complexity index is 346. The second kappa shape index (κ2) is 6.51. The van der Waals surface area contributed by atoms with Crippen LogP contribution in [0.2, 0.25) is 0 Å². The quantitative estimate of drug-likeness (QED) is 0.516.